The van der Waals surface area contributed by atoms with Crippen molar-refractivity contribution < 1.29 is 4.42 Å². The molecule has 1 heterocycles. The van der Waals surface area contributed by atoms with Gasteiger partial charge in [-0.25, -0.2) is 0 Å². The highest BCUT2D eigenvalue weighted by molar-refractivity contribution is 5.28. The summed E-state index contributed by atoms with van der Waals surface area (Å²) in [7, 11) is 0. The summed E-state index contributed by atoms with van der Waals surface area (Å²) >= 11 is 0. The average Bonchev–Trinajstić information content (AvgIpc) is 2.94. The van der Waals surface area contributed by atoms with Crippen LogP contribution in [0.2, 0.25) is 0 Å². The molecule has 0 amide bonds. The van der Waals surface area contributed by atoms with E-state index in [1.165, 1.54) is 101 Å². The number of aryl methyl sites for hydroxylation is 2. The second-order valence-electron chi connectivity index (χ2n) is 7.09. The summed E-state index contributed by atoms with van der Waals surface area (Å²) in [5, 5.41) is 0. The predicted molar refractivity (Wildman–Crippen MR) is 102 cm³/mol. The summed E-state index contributed by atoms with van der Waals surface area (Å²) < 4.78 is 5.98. The lowest BCUT2D eigenvalue weighted by Gasteiger charge is -2.06. The van der Waals surface area contributed by atoms with Crippen LogP contribution in [-0.4, -0.2) is 0 Å². The molecule has 0 fully saturated rings. The summed E-state index contributed by atoms with van der Waals surface area (Å²) in [5.41, 5.74) is 3.08. The van der Waals surface area contributed by atoms with Gasteiger partial charge in [0.25, 0.3) is 0 Å². The van der Waals surface area contributed by atoms with Crippen LogP contribution in [0.3, 0.4) is 0 Å². The normalized spacial score (nSPS) is 11.3. The largest absolute Gasteiger partial charge is 0.469 e. The van der Waals surface area contributed by atoms with Gasteiger partial charge in [-0.2, -0.15) is 0 Å². The molecule has 1 aromatic rings. The molecule has 0 aliphatic heterocycles. The minimum atomic E-state index is 1.15. The molecule has 0 aliphatic carbocycles. The quantitative estimate of drug-likeness (QED) is 0.302. The summed E-state index contributed by atoms with van der Waals surface area (Å²) in [5.74, 6) is 1.31. The van der Waals surface area contributed by atoms with Crippen molar-refractivity contribution in [3.05, 3.63) is 23.2 Å². The fourth-order valence-corrected chi connectivity index (χ4v) is 3.37. The van der Waals surface area contributed by atoms with E-state index in [0.29, 0.717) is 0 Å². The Morgan fingerprint density at radius 3 is 1.83 bits per heavy atom. The molecule has 0 N–H and O–H groups in total. The first-order valence-corrected chi connectivity index (χ1v) is 10.4. The lowest BCUT2D eigenvalue weighted by Crippen LogP contribution is -1.96. The van der Waals surface area contributed by atoms with Crippen LogP contribution in [-0.2, 0) is 19.3 Å². The summed E-state index contributed by atoms with van der Waals surface area (Å²) in [4.78, 5) is 0. The van der Waals surface area contributed by atoms with Gasteiger partial charge in [0.2, 0.25) is 0 Å². The fourth-order valence-electron chi connectivity index (χ4n) is 3.37. The van der Waals surface area contributed by atoms with Gasteiger partial charge in [-0.15, -0.1) is 0 Å². The number of hydrogen-bond acceptors (Lipinski definition) is 1. The zero-order valence-corrected chi connectivity index (χ0v) is 16.1. The molecule has 0 aromatic carbocycles. The minimum Gasteiger partial charge on any atom is -0.469 e. The molecular weight excluding hydrogens is 280 g/mol. The first kappa shape index (κ1) is 20.3. The molecule has 0 radical (unpaired) electrons. The van der Waals surface area contributed by atoms with Gasteiger partial charge in [0, 0.05) is 6.42 Å². The zero-order valence-electron chi connectivity index (χ0n) is 16.1. The standard InChI is InChI=1S/C22H40O/c1-4-7-10-11-12-15-18-22-21(17-14-9-6-3)20(19-23-22)16-13-8-5-2/h19H,4-18H2,1-3H3. The van der Waals surface area contributed by atoms with Crippen molar-refractivity contribution >= 4 is 0 Å². The molecular formula is C22H40O. The van der Waals surface area contributed by atoms with Crippen molar-refractivity contribution in [3.63, 3.8) is 0 Å². The Labute approximate surface area is 145 Å². The molecule has 0 aliphatic rings. The van der Waals surface area contributed by atoms with E-state index in [-0.39, 0.29) is 0 Å². The lowest BCUT2D eigenvalue weighted by atomic mass is 9.97. The van der Waals surface area contributed by atoms with Gasteiger partial charge in [-0.3, -0.25) is 0 Å². The Hall–Kier alpha value is -0.720. The Morgan fingerprint density at radius 2 is 1.13 bits per heavy atom. The molecule has 0 atom stereocenters. The predicted octanol–water partition coefficient (Wildman–Crippen LogP) is 7.65. The van der Waals surface area contributed by atoms with Crippen LogP contribution in [0.15, 0.2) is 10.7 Å². The Kier molecular flexibility index (Phi) is 12.1. The first-order valence-electron chi connectivity index (χ1n) is 10.4. The monoisotopic (exact) mass is 320 g/mol. The fraction of sp³-hybridized carbons (Fsp3) is 0.818. The molecule has 0 bridgehead atoms. The molecule has 134 valence electrons. The summed E-state index contributed by atoms with van der Waals surface area (Å²) in [6, 6.07) is 0. The maximum absolute atomic E-state index is 5.98. The molecule has 1 heteroatoms. The van der Waals surface area contributed by atoms with Crippen LogP contribution in [0.25, 0.3) is 0 Å². The van der Waals surface area contributed by atoms with E-state index in [4.69, 9.17) is 4.42 Å². The number of rotatable bonds is 15. The van der Waals surface area contributed by atoms with Crippen molar-refractivity contribution in [1.82, 2.24) is 0 Å². The van der Waals surface area contributed by atoms with Crippen LogP contribution >= 0.6 is 0 Å². The van der Waals surface area contributed by atoms with Crippen molar-refractivity contribution in [1.29, 1.82) is 0 Å². The molecule has 0 saturated heterocycles. The van der Waals surface area contributed by atoms with Crippen LogP contribution < -0.4 is 0 Å². The Morgan fingerprint density at radius 1 is 0.609 bits per heavy atom. The maximum atomic E-state index is 5.98. The van der Waals surface area contributed by atoms with Gasteiger partial charge in [0.15, 0.2) is 0 Å². The van der Waals surface area contributed by atoms with Crippen LogP contribution in [0.4, 0.5) is 0 Å². The highest BCUT2D eigenvalue weighted by atomic mass is 16.3. The average molecular weight is 321 g/mol. The Balaban J connectivity index is 2.47. The third-order valence-electron chi connectivity index (χ3n) is 4.91. The molecule has 0 spiro atoms. The molecule has 1 rings (SSSR count). The minimum absolute atomic E-state index is 1.15. The van der Waals surface area contributed by atoms with Crippen LogP contribution in [0, 0.1) is 0 Å². The molecule has 23 heavy (non-hydrogen) atoms. The van der Waals surface area contributed by atoms with Crippen molar-refractivity contribution in [3.8, 4) is 0 Å². The third-order valence-corrected chi connectivity index (χ3v) is 4.91. The van der Waals surface area contributed by atoms with E-state index < -0.39 is 0 Å². The van der Waals surface area contributed by atoms with Gasteiger partial charge in [-0.05, 0) is 43.2 Å². The van der Waals surface area contributed by atoms with E-state index in [0.717, 1.165) is 6.42 Å². The SMILES string of the molecule is CCCCCCCCc1occ(CCCCC)c1CCCCC. The summed E-state index contributed by atoms with van der Waals surface area (Å²) in [6.07, 6.45) is 21.8. The third kappa shape index (κ3) is 8.63. The first-order chi connectivity index (χ1) is 11.3. The van der Waals surface area contributed by atoms with Gasteiger partial charge >= 0.3 is 0 Å². The van der Waals surface area contributed by atoms with Gasteiger partial charge in [0.1, 0.15) is 5.76 Å². The number of unbranched alkanes of at least 4 members (excludes halogenated alkanes) is 9. The van der Waals surface area contributed by atoms with Crippen molar-refractivity contribution in [2.75, 3.05) is 0 Å². The molecule has 0 unspecified atom stereocenters. The smallest absolute Gasteiger partial charge is 0.107 e. The molecule has 1 aromatic heterocycles. The van der Waals surface area contributed by atoms with E-state index in [2.05, 4.69) is 27.0 Å². The van der Waals surface area contributed by atoms with Crippen LogP contribution in [0.5, 0.6) is 0 Å². The van der Waals surface area contributed by atoms with Crippen molar-refractivity contribution in [2.24, 2.45) is 0 Å². The van der Waals surface area contributed by atoms with Gasteiger partial charge < -0.3 is 4.42 Å². The highest BCUT2D eigenvalue weighted by Crippen LogP contribution is 2.24. The van der Waals surface area contributed by atoms with E-state index in [9.17, 15) is 0 Å². The van der Waals surface area contributed by atoms with E-state index >= 15 is 0 Å². The van der Waals surface area contributed by atoms with Crippen LogP contribution in [0.1, 0.15) is 115 Å². The number of hydrogen-bond donors (Lipinski definition) is 0. The topological polar surface area (TPSA) is 13.1 Å². The van der Waals surface area contributed by atoms with Crippen molar-refractivity contribution in [2.45, 2.75) is 117 Å². The van der Waals surface area contributed by atoms with Gasteiger partial charge in [-0.1, -0.05) is 78.6 Å². The van der Waals surface area contributed by atoms with Gasteiger partial charge in [0.05, 0.1) is 6.26 Å². The maximum Gasteiger partial charge on any atom is 0.107 e. The number of furan rings is 1. The summed E-state index contributed by atoms with van der Waals surface area (Å²) in [6.45, 7) is 6.85. The Bertz CT molecular complexity index is 377. The zero-order chi connectivity index (χ0) is 16.8. The van der Waals surface area contributed by atoms with E-state index in [1.807, 2.05) is 0 Å². The second kappa shape index (κ2) is 13.7. The van der Waals surface area contributed by atoms with E-state index in [1.54, 1.807) is 5.56 Å². The highest BCUT2D eigenvalue weighted by Gasteiger charge is 2.13. The molecule has 0 saturated carbocycles. The lowest BCUT2D eigenvalue weighted by molar-refractivity contribution is 0.485. The molecule has 1 nitrogen and oxygen atoms in total. The second-order valence-corrected chi connectivity index (χ2v) is 7.09.